The number of aromatic nitrogens is 4. The number of aryl methyl sites for hydroxylation is 1. The fourth-order valence-electron chi connectivity index (χ4n) is 3.52. The molecule has 0 spiro atoms. The minimum Gasteiger partial charge on any atom is -0.301 e. The molecular formula is C18H27N5. The zero-order chi connectivity index (χ0) is 16.2. The van der Waals surface area contributed by atoms with Gasteiger partial charge in [-0.3, -0.25) is 14.6 Å². The number of nitrogens with zero attached hydrogens (tertiary/aromatic N) is 5. The lowest BCUT2D eigenvalue weighted by atomic mass is 9.91. The minimum absolute atomic E-state index is 0.626. The molecule has 0 bridgehead atoms. The third-order valence-electron chi connectivity index (χ3n) is 4.80. The van der Waals surface area contributed by atoms with Gasteiger partial charge in [0.2, 0.25) is 0 Å². The van der Waals surface area contributed by atoms with Crippen molar-refractivity contribution in [3.8, 4) is 11.4 Å². The lowest BCUT2D eigenvalue weighted by Gasteiger charge is -2.35. The molecule has 1 saturated heterocycles. The van der Waals surface area contributed by atoms with Gasteiger partial charge in [0.15, 0.2) is 0 Å². The molecule has 0 radical (unpaired) electrons. The highest BCUT2D eigenvalue weighted by molar-refractivity contribution is 5.56. The summed E-state index contributed by atoms with van der Waals surface area (Å²) in [6.45, 7) is 9.92. The van der Waals surface area contributed by atoms with Crippen LogP contribution in [0.2, 0.25) is 0 Å². The van der Waals surface area contributed by atoms with Crippen molar-refractivity contribution in [2.24, 2.45) is 5.92 Å². The Morgan fingerprint density at radius 3 is 2.83 bits per heavy atom. The van der Waals surface area contributed by atoms with Crippen LogP contribution in [0.25, 0.3) is 11.4 Å². The monoisotopic (exact) mass is 313 g/mol. The summed E-state index contributed by atoms with van der Waals surface area (Å²) in [6.07, 6.45) is 9.01. The number of likely N-dealkylation sites (tertiary alicyclic amines) is 1. The Morgan fingerprint density at radius 1 is 1.22 bits per heavy atom. The van der Waals surface area contributed by atoms with Crippen LogP contribution < -0.4 is 0 Å². The predicted octanol–water partition coefficient (Wildman–Crippen LogP) is 3.02. The standard InChI is InChI=1S/C18H27N5/c1-4-23-17(7-8-21-23)18-16(19-9-10-20-18)12-15-6-5-11-22(13-15)14(2)3/h7-10,14-15H,4-6,11-13H2,1-3H3/t15-/m1/s1. The van der Waals surface area contributed by atoms with Gasteiger partial charge in [-0.1, -0.05) is 0 Å². The zero-order valence-corrected chi connectivity index (χ0v) is 14.4. The molecule has 0 aliphatic carbocycles. The van der Waals surface area contributed by atoms with Gasteiger partial charge in [-0.25, -0.2) is 0 Å². The highest BCUT2D eigenvalue weighted by Gasteiger charge is 2.24. The average Bonchev–Trinajstić information content (AvgIpc) is 3.04. The van der Waals surface area contributed by atoms with Gasteiger partial charge in [0, 0.05) is 37.7 Å². The van der Waals surface area contributed by atoms with Crippen LogP contribution in [-0.2, 0) is 13.0 Å². The molecule has 0 amide bonds. The number of hydrogen-bond donors (Lipinski definition) is 0. The van der Waals surface area contributed by atoms with Gasteiger partial charge < -0.3 is 4.90 Å². The van der Waals surface area contributed by atoms with Crippen molar-refractivity contribution in [1.29, 1.82) is 0 Å². The second kappa shape index (κ2) is 7.21. The quantitative estimate of drug-likeness (QED) is 0.851. The molecule has 0 N–H and O–H groups in total. The molecule has 2 aromatic rings. The van der Waals surface area contributed by atoms with Gasteiger partial charge >= 0.3 is 0 Å². The number of rotatable bonds is 5. The highest BCUT2D eigenvalue weighted by Crippen LogP contribution is 2.26. The van der Waals surface area contributed by atoms with E-state index in [4.69, 9.17) is 0 Å². The summed E-state index contributed by atoms with van der Waals surface area (Å²) in [4.78, 5) is 11.8. The van der Waals surface area contributed by atoms with Crippen molar-refractivity contribution in [3.63, 3.8) is 0 Å². The second-order valence-corrected chi connectivity index (χ2v) is 6.68. The molecule has 3 heterocycles. The lowest BCUT2D eigenvalue weighted by molar-refractivity contribution is 0.139. The van der Waals surface area contributed by atoms with Crippen LogP contribution in [0, 0.1) is 5.92 Å². The van der Waals surface area contributed by atoms with Crippen LogP contribution in [0.3, 0.4) is 0 Å². The summed E-state index contributed by atoms with van der Waals surface area (Å²) in [5.41, 5.74) is 3.18. The summed E-state index contributed by atoms with van der Waals surface area (Å²) in [5, 5.41) is 4.37. The molecular weight excluding hydrogens is 286 g/mol. The smallest absolute Gasteiger partial charge is 0.110 e. The van der Waals surface area contributed by atoms with E-state index in [9.17, 15) is 0 Å². The van der Waals surface area contributed by atoms with Gasteiger partial charge in [0.05, 0.1) is 11.4 Å². The van der Waals surface area contributed by atoms with Gasteiger partial charge in [-0.15, -0.1) is 0 Å². The van der Waals surface area contributed by atoms with Crippen LogP contribution in [0.1, 0.15) is 39.3 Å². The molecule has 0 aromatic carbocycles. The predicted molar refractivity (Wildman–Crippen MR) is 92.1 cm³/mol. The van der Waals surface area contributed by atoms with E-state index in [0.717, 1.165) is 30.0 Å². The first-order valence-electron chi connectivity index (χ1n) is 8.75. The van der Waals surface area contributed by atoms with E-state index >= 15 is 0 Å². The summed E-state index contributed by atoms with van der Waals surface area (Å²) in [6, 6.07) is 2.67. The van der Waals surface area contributed by atoms with Gasteiger partial charge in [0.1, 0.15) is 5.69 Å². The maximum Gasteiger partial charge on any atom is 0.110 e. The van der Waals surface area contributed by atoms with Crippen LogP contribution in [0.4, 0.5) is 0 Å². The van der Waals surface area contributed by atoms with E-state index in [2.05, 4.69) is 40.7 Å². The Bertz CT molecular complexity index is 634. The average molecular weight is 313 g/mol. The lowest BCUT2D eigenvalue weighted by Crippen LogP contribution is -2.40. The molecule has 5 heteroatoms. The first-order valence-corrected chi connectivity index (χ1v) is 8.75. The van der Waals surface area contributed by atoms with Crippen LogP contribution >= 0.6 is 0 Å². The van der Waals surface area contributed by atoms with Crippen molar-refractivity contribution in [2.45, 2.75) is 52.6 Å². The summed E-state index contributed by atoms with van der Waals surface area (Å²) < 4.78 is 1.99. The van der Waals surface area contributed by atoms with Crippen molar-refractivity contribution in [2.75, 3.05) is 13.1 Å². The molecule has 1 atom stereocenters. The molecule has 124 valence electrons. The molecule has 0 saturated carbocycles. The van der Waals surface area contributed by atoms with E-state index in [-0.39, 0.29) is 0 Å². The minimum atomic E-state index is 0.626. The number of piperidine rings is 1. The van der Waals surface area contributed by atoms with Crippen LogP contribution in [0.5, 0.6) is 0 Å². The molecule has 2 aromatic heterocycles. The molecule has 1 fully saturated rings. The maximum atomic E-state index is 4.65. The summed E-state index contributed by atoms with van der Waals surface area (Å²) in [5.74, 6) is 0.666. The van der Waals surface area contributed by atoms with Gasteiger partial charge in [0.25, 0.3) is 0 Å². The molecule has 23 heavy (non-hydrogen) atoms. The Labute approximate surface area is 138 Å². The van der Waals surface area contributed by atoms with Crippen molar-refractivity contribution < 1.29 is 0 Å². The summed E-state index contributed by atoms with van der Waals surface area (Å²) in [7, 11) is 0. The van der Waals surface area contributed by atoms with Gasteiger partial charge in [-0.2, -0.15) is 5.10 Å². The van der Waals surface area contributed by atoms with Crippen LogP contribution in [-0.4, -0.2) is 43.8 Å². The van der Waals surface area contributed by atoms with Crippen molar-refractivity contribution in [3.05, 3.63) is 30.4 Å². The Hall–Kier alpha value is -1.75. The fraction of sp³-hybridized carbons (Fsp3) is 0.611. The largest absolute Gasteiger partial charge is 0.301 e. The van der Waals surface area contributed by atoms with E-state index < -0.39 is 0 Å². The van der Waals surface area contributed by atoms with Gasteiger partial charge in [-0.05, 0) is 58.6 Å². The van der Waals surface area contributed by atoms with E-state index in [1.54, 1.807) is 6.20 Å². The SMILES string of the molecule is CCn1nccc1-c1nccnc1C[C@H]1CCCN(C(C)C)C1. The van der Waals surface area contributed by atoms with E-state index in [1.807, 2.05) is 23.1 Å². The molecule has 1 aliphatic rings. The normalized spacial score (nSPS) is 19.4. The Balaban J connectivity index is 1.81. The maximum absolute atomic E-state index is 4.65. The topological polar surface area (TPSA) is 46.8 Å². The zero-order valence-electron chi connectivity index (χ0n) is 14.4. The Kier molecular flexibility index (Phi) is 5.06. The fourth-order valence-corrected chi connectivity index (χ4v) is 3.52. The van der Waals surface area contributed by atoms with Crippen molar-refractivity contribution >= 4 is 0 Å². The number of hydrogen-bond acceptors (Lipinski definition) is 4. The summed E-state index contributed by atoms with van der Waals surface area (Å²) >= 11 is 0. The highest BCUT2D eigenvalue weighted by atomic mass is 15.3. The van der Waals surface area contributed by atoms with Crippen LogP contribution in [0.15, 0.2) is 24.7 Å². The second-order valence-electron chi connectivity index (χ2n) is 6.68. The molecule has 5 nitrogen and oxygen atoms in total. The Morgan fingerprint density at radius 2 is 2.04 bits per heavy atom. The molecule has 1 aliphatic heterocycles. The molecule has 0 unspecified atom stereocenters. The first-order chi connectivity index (χ1) is 11.2. The van der Waals surface area contributed by atoms with Crippen molar-refractivity contribution in [1.82, 2.24) is 24.6 Å². The third-order valence-corrected chi connectivity index (χ3v) is 4.80. The van der Waals surface area contributed by atoms with E-state index in [0.29, 0.717) is 12.0 Å². The third kappa shape index (κ3) is 3.61. The van der Waals surface area contributed by atoms with E-state index in [1.165, 1.54) is 25.9 Å². The first kappa shape index (κ1) is 16.1. The molecule has 3 rings (SSSR count).